The second-order valence-electron chi connectivity index (χ2n) is 12.7. The molecule has 0 atom stereocenters. The van der Waals surface area contributed by atoms with Crippen molar-refractivity contribution in [2.75, 3.05) is 39.6 Å². The first-order valence-electron chi connectivity index (χ1n) is 18.8. The molecule has 0 rings (SSSR count). The van der Waals surface area contributed by atoms with Crippen LogP contribution in [0.1, 0.15) is 143 Å². The van der Waals surface area contributed by atoms with Crippen molar-refractivity contribution in [3.8, 4) is 0 Å². The molecule has 0 aromatic rings. The third kappa shape index (κ3) is 29.7. The van der Waals surface area contributed by atoms with Gasteiger partial charge in [-0.3, -0.25) is 28.8 Å². The van der Waals surface area contributed by atoms with Crippen molar-refractivity contribution in [2.45, 2.75) is 143 Å². The molecule has 12 nitrogen and oxygen atoms in total. The van der Waals surface area contributed by atoms with Crippen molar-refractivity contribution in [3.63, 3.8) is 0 Å². The number of rotatable bonds is 34. The van der Waals surface area contributed by atoms with E-state index in [1.807, 2.05) is 19.1 Å². The van der Waals surface area contributed by atoms with Gasteiger partial charge in [0.25, 0.3) is 6.47 Å². The zero-order valence-electron chi connectivity index (χ0n) is 31.5. The van der Waals surface area contributed by atoms with Crippen molar-refractivity contribution < 1.29 is 57.2 Å². The lowest BCUT2D eigenvalue weighted by molar-refractivity contribution is -0.167. The molecular weight excluding hydrogens is 660 g/mol. The van der Waals surface area contributed by atoms with Gasteiger partial charge in [-0.2, -0.15) is 0 Å². The highest BCUT2D eigenvalue weighted by Crippen LogP contribution is 2.22. The number of esters is 5. The Morgan fingerprint density at radius 3 is 1.16 bits per heavy atom. The van der Waals surface area contributed by atoms with Crippen LogP contribution in [0.25, 0.3) is 0 Å². The van der Waals surface area contributed by atoms with Crippen LogP contribution in [-0.4, -0.2) is 76.0 Å². The molecular formula is C39H64O12. The van der Waals surface area contributed by atoms with Crippen molar-refractivity contribution in [2.24, 2.45) is 5.41 Å². The van der Waals surface area contributed by atoms with Gasteiger partial charge >= 0.3 is 29.8 Å². The first-order valence-corrected chi connectivity index (χ1v) is 18.8. The zero-order valence-corrected chi connectivity index (χ0v) is 31.5. The lowest BCUT2D eigenvalue weighted by Gasteiger charge is -2.31. The van der Waals surface area contributed by atoms with Gasteiger partial charge in [0.1, 0.15) is 31.8 Å². The van der Waals surface area contributed by atoms with E-state index in [2.05, 4.69) is 26.0 Å². The van der Waals surface area contributed by atoms with Gasteiger partial charge in [-0.05, 0) is 57.8 Å². The van der Waals surface area contributed by atoms with Crippen LogP contribution in [0.15, 0.2) is 24.3 Å². The molecule has 0 bridgehead atoms. The second-order valence-corrected chi connectivity index (χ2v) is 12.7. The van der Waals surface area contributed by atoms with Crippen molar-refractivity contribution in [1.82, 2.24) is 0 Å². The van der Waals surface area contributed by atoms with Gasteiger partial charge < -0.3 is 28.4 Å². The number of hydrogen-bond donors (Lipinski definition) is 0. The summed E-state index contributed by atoms with van der Waals surface area (Å²) in [6, 6.07) is 0. The maximum atomic E-state index is 12.6. The Balaban J connectivity index is 4.89. The average Bonchev–Trinajstić information content (AvgIpc) is 3.12. The summed E-state index contributed by atoms with van der Waals surface area (Å²) in [5.41, 5.74) is -1.37. The number of hydrogen-bond acceptors (Lipinski definition) is 12. The number of carbonyl (C=O) groups excluding carboxylic acids is 6. The normalized spacial score (nSPS) is 11.4. The molecule has 51 heavy (non-hydrogen) atoms. The molecule has 12 heteroatoms. The Kier molecular flexibility index (Phi) is 31.0. The molecule has 0 heterocycles. The Morgan fingerprint density at radius 2 is 0.784 bits per heavy atom. The van der Waals surface area contributed by atoms with E-state index in [0.29, 0.717) is 19.3 Å². The first-order chi connectivity index (χ1) is 24.7. The van der Waals surface area contributed by atoms with E-state index in [4.69, 9.17) is 28.4 Å². The summed E-state index contributed by atoms with van der Waals surface area (Å²) < 4.78 is 31.7. The van der Waals surface area contributed by atoms with Gasteiger partial charge in [0.15, 0.2) is 0 Å². The van der Waals surface area contributed by atoms with Crippen molar-refractivity contribution in [1.29, 1.82) is 0 Å². The molecule has 0 aliphatic carbocycles. The fourth-order valence-electron chi connectivity index (χ4n) is 4.58. The van der Waals surface area contributed by atoms with Crippen LogP contribution in [0.3, 0.4) is 0 Å². The minimum Gasteiger partial charge on any atom is -0.467 e. The minimum atomic E-state index is -1.37. The quantitative estimate of drug-likeness (QED) is 0.0213. The van der Waals surface area contributed by atoms with Gasteiger partial charge in [0, 0.05) is 32.1 Å². The molecule has 0 aliphatic rings. The van der Waals surface area contributed by atoms with Crippen LogP contribution >= 0.6 is 0 Å². The molecule has 0 saturated heterocycles. The third-order valence-electron chi connectivity index (χ3n) is 7.71. The summed E-state index contributed by atoms with van der Waals surface area (Å²) in [4.78, 5) is 72.7. The zero-order chi connectivity index (χ0) is 37.8. The molecule has 0 aromatic heterocycles. The van der Waals surface area contributed by atoms with Gasteiger partial charge in [-0.15, -0.1) is 0 Å². The molecule has 292 valence electrons. The lowest BCUT2D eigenvalue weighted by atomic mass is 9.92. The molecule has 0 radical (unpaired) electrons. The SMILES string of the molecule is CCCCC/C=C\CCOC(=O)CCCC(=O)OCC(COC=O)(COC(=O)CCCC)COC(=O)CCCC(=O)OCC/C=C\CCCCC. The molecule has 0 fully saturated rings. The van der Waals surface area contributed by atoms with Crippen LogP contribution in [-0.2, 0) is 57.2 Å². The fraction of sp³-hybridized carbons (Fsp3) is 0.744. The standard InChI is InChI=1S/C39H64O12/c1-4-7-10-12-14-16-18-27-47-34(41)23-20-25-37(44)50-31-39(29-46-33-40,30-49-36(43)22-9-6-3)32-51-38(45)26-21-24-35(42)48-28-19-17-15-13-11-8-5-2/h14-17,33H,4-13,18-32H2,1-3H3/b16-14-,17-15-. The number of carbonyl (C=O) groups is 6. The summed E-state index contributed by atoms with van der Waals surface area (Å²) in [6.45, 7) is 5.48. The van der Waals surface area contributed by atoms with Gasteiger partial charge in [-0.1, -0.05) is 77.2 Å². The fourth-order valence-corrected chi connectivity index (χ4v) is 4.58. The molecule has 0 aliphatic heterocycles. The van der Waals surface area contributed by atoms with Gasteiger partial charge in [0.05, 0.1) is 13.2 Å². The molecule has 0 amide bonds. The summed E-state index contributed by atoms with van der Waals surface area (Å²) >= 11 is 0. The topological polar surface area (TPSA) is 158 Å². The Morgan fingerprint density at radius 1 is 0.431 bits per heavy atom. The van der Waals surface area contributed by atoms with E-state index in [-0.39, 0.29) is 91.1 Å². The van der Waals surface area contributed by atoms with Crippen LogP contribution in [0.5, 0.6) is 0 Å². The second kappa shape index (κ2) is 33.4. The highest BCUT2D eigenvalue weighted by atomic mass is 16.6. The molecule has 0 aromatic carbocycles. The van der Waals surface area contributed by atoms with E-state index in [0.717, 1.165) is 32.1 Å². The molecule has 0 saturated carbocycles. The van der Waals surface area contributed by atoms with E-state index >= 15 is 0 Å². The number of unbranched alkanes of at least 4 members (excludes halogenated alkanes) is 7. The summed E-state index contributed by atoms with van der Waals surface area (Å²) in [7, 11) is 0. The Labute approximate surface area is 305 Å². The minimum absolute atomic E-state index is 0.0328. The smallest absolute Gasteiger partial charge is 0.305 e. The molecule has 0 unspecified atom stereocenters. The van der Waals surface area contributed by atoms with Gasteiger partial charge in [-0.25, -0.2) is 0 Å². The predicted octanol–water partition coefficient (Wildman–Crippen LogP) is 7.45. The van der Waals surface area contributed by atoms with E-state index in [1.165, 1.54) is 25.7 Å². The van der Waals surface area contributed by atoms with E-state index in [1.54, 1.807) is 0 Å². The van der Waals surface area contributed by atoms with E-state index in [9.17, 15) is 28.8 Å². The summed E-state index contributed by atoms with van der Waals surface area (Å²) in [6.07, 6.45) is 20.2. The van der Waals surface area contributed by atoms with Crippen LogP contribution in [0, 0.1) is 5.41 Å². The van der Waals surface area contributed by atoms with Crippen LogP contribution in [0.4, 0.5) is 0 Å². The first kappa shape index (κ1) is 47.3. The predicted molar refractivity (Wildman–Crippen MR) is 192 cm³/mol. The molecule has 0 N–H and O–H groups in total. The van der Waals surface area contributed by atoms with Crippen LogP contribution in [0.2, 0.25) is 0 Å². The van der Waals surface area contributed by atoms with Crippen molar-refractivity contribution >= 4 is 36.3 Å². The Bertz CT molecular complexity index is 960. The van der Waals surface area contributed by atoms with Crippen LogP contribution < -0.4 is 0 Å². The monoisotopic (exact) mass is 724 g/mol. The summed E-state index contributed by atoms with van der Waals surface area (Å²) in [5, 5.41) is 0. The largest absolute Gasteiger partial charge is 0.467 e. The number of ether oxygens (including phenoxy) is 6. The average molecular weight is 725 g/mol. The maximum Gasteiger partial charge on any atom is 0.305 e. The number of allylic oxidation sites excluding steroid dienone is 2. The lowest BCUT2D eigenvalue weighted by Crippen LogP contribution is -2.43. The molecule has 0 spiro atoms. The van der Waals surface area contributed by atoms with Crippen molar-refractivity contribution in [3.05, 3.63) is 24.3 Å². The van der Waals surface area contributed by atoms with E-state index < -0.39 is 35.3 Å². The summed E-state index contributed by atoms with van der Waals surface area (Å²) in [5.74, 6) is -2.60. The van der Waals surface area contributed by atoms with Gasteiger partial charge in [0.2, 0.25) is 0 Å². The Hall–Kier alpha value is -3.70. The highest BCUT2D eigenvalue weighted by molar-refractivity contribution is 5.73. The third-order valence-corrected chi connectivity index (χ3v) is 7.71. The highest BCUT2D eigenvalue weighted by Gasteiger charge is 2.37. The maximum absolute atomic E-state index is 12.6.